The van der Waals surface area contributed by atoms with Gasteiger partial charge in [-0.1, -0.05) is 6.07 Å². The van der Waals surface area contributed by atoms with Gasteiger partial charge in [-0.05, 0) is 57.7 Å². The number of benzene rings is 1. The molecule has 1 aromatic carbocycles. The summed E-state index contributed by atoms with van der Waals surface area (Å²) < 4.78 is 0. The lowest BCUT2D eigenvalue weighted by Crippen LogP contribution is -2.44. The zero-order chi connectivity index (χ0) is 19.1. The number of rotatable bonds is 6. The fraction of sp³-hybridized carbons (Fsp3) is 0.526. The van der Waals surface area contributed by atoms with Crippen LogP contribution in [0, 0.1) is 0 Å². The van der Waals surface area contributed by atoms with Gasteiger partial charge < -0.3 is 20.6 Å². The molecule has 1 fully saturated rings. The number of carboxylic acid groups (broad SMARTS) is 1. The number of likely N-dealkylation sites (tertiary alicyclic amines) is 1. The molecule has 0 radical (unpaired) electrons. The van der Waals surface area contributed by atoms with Gasteiger partial charge in [-0.2, -0.15) is 0 Å². The third kappa shape index (κ3) is 5.75. The number of carboxylic acids is 1. The second-order valence-corrected chi connectivity index (χ2v) is 6.91. The molecule has 1 heterocycles. The van der Waals surface area contributed by atoms with Gasteiger partial charge in [0.05, 0.1) is 0 Å². The van der Waals surface area contributed by atoms with Gasteiger partial charge in [0.25, 0.3) is 5.91 Å². The van der Waals surface area contributed by atoms with E-state index >= 15 is 0 Å². The van der Waals surface area contributed by atoms with E-state index in [1.807, 2.05) is 13.8 Å². The van der Waals surface area contributed by atoms with Crippen LogP contribution in [0.1, 0.15) is 56.3 Å². The Labute approximate surface area is 153 Å². The number of urea groups is 1. The molecule has 1 saturated heterocycles. The van der Waals surface area contributed by atoms with E-state index in [9.17, 15) is 14.4 Å². The molecule has 0 aliphatic carbocycles. The van der Waals surface area contributed by atoms with Crippen molar-refractivity contribution in [3.8, 4) is 0 Å². The van der Waals surface area contributed by atoms with Crippen molar-refractivity contribution in [1.82, 2.24) is 10.2 Å². The average molecular weight is 361 g/mol. The number of anilines is 1. The Morgan fingerprint density at radius 3 is 2.73 bits per heavy atom. The summed E-state index contributed by atoms with van der Waals surface area (Å²) in [4.78, 5) is 37.4. The molecule has 1 unspecified atom stereocenters. The fourth-order valence-electron chi connectivity index (χ4n) is 3.18. The molecule has 1 aliphatic rings. The number of hydrogen-bond acceptors (Lipinski definition) is 3. The van der Waals surface area contributed by atoms with Crippen LogP contribution in [-0.2, 0) is 4.79 Å². The second-order valence-electron chi connectivity index (χ2n) is 6.91. The minimum Gasteiger partial charge on any atom is -0.481 e. The molecule has 1 aliphatic heterocycles. The van der Waals surface area contributed by atoms with Gasteiger partial charge in [0.2, 0.25) is 0 Å². The Hall–Kier alpha value is -2.57. The third-order valence-corrected chi connectivity index (χ3v) is 4.37. The molecule has 3 amide bonds. The fourth-order valence-corrected chi connectivity index (χ4v) is 3.18. The number of aliphatic carboxylic acids is 1. The Morgan fingerprint density at radius 2 is 2.04 bits per heavy atom. The van der Waals surface area contributed by atoms with Crippen LogP contribution in [0.15, 0.2) is 24.3 Å². The van der Waals surface area contributed by atoms with Gasteiger partial charge in [0.1, 0.15) is 0 Å². The van der Waals surface area contributed by atoms with E-state index < -0.39 is 5.97 Å². The number of amides is 3. The lowest BCUT2D eigenvalue weighted by molar-refractivity contribution is -0.137. The van der Waals surface area contributed by atoms with Crippen LogP contribution in [0.3, 0.4) is 0 Å². The Morgan fingerprint density at radius 1 is 1.27 bits per heavy atom. The predicted octanol–water partition coefficient (Wildman–Crippen LogP) is 3.08. The predicted molar refractivity (Wildman–Crippen MR) is 99.3 cm³/mol. The lowest BCUT2D eigenvalue weighted by atomic mass is 9.97. The summed E-state index contributed by atoms with van der Waals surface area (Å²) in [7, 11) is 0. The first-order valence-corrected chi connectivity index (χ1v) is 9.07. The minimum atomic E-state index is -0.842. The first-order chi connectivity index (χ1) is 12.4. The Bertz CT molecular complexity index is 660. The van der Waals surface area contributed by atoms with Gasteiger partial charge in [-0.15, -0.1) is 0 Å². The molecular formula is C19H27N3O4. The number of carbonyl (C=O) groups excluding carboxylic acids is 2. The van der Waals surface area contributed by atoms with Crippen LogP contribution in [-0.4, -0.2) is 46.5 Å². The molecule has 7 heteroatoms. The van der Waals surface area contributed by atoms with Crippen molar-refractivity contribution in [3.05, 3.63) is 29.8 Å². The van der Waals surface area contributed by atoms with E-state index in [1.54, 1.807) is 29.2 Å². The summed E-state index contributed by atoms with van der Waals surface area (Å²) >= 11 is 0. The molecule has 3 N–H and O–H groups in total. The molecular weight excluding hydrogens is 334 g/mol. The molecule has 7 nitrogen and oxygen atoms in total. The van der Waals surface area contributed by atoms with Crippen molar-refractivity contribution < 1.29 is 19.5 Å². The third-order valence-electron chi connectivity index (χ3n) is 4.37. The van der Waals surface area contributed by atoms with Gasteiger partial charge in [-0.3, -0.25) is 9.59 Å². The molecule has 1 aromatic rings. The van der Waals surface area contributed by atoms with Crippen LogP contribution >= 0.6 is 0 Å². The van der Waals surface area contributed by atoms with Gasteiger partial charge in [0, 0.05) is 36.3 Å². The second kappa shape index (κ2) is 9.22. The highest BCUT2D eigenvalue weighted by Gasteiger charge is 2.27. The Balaban J connectivity index is 2.08. The van der Waals surface area contributed by atoms with Gasteiger partial charge in [0.15, 0.2) is 0 Å². The highest BCUT2D eigenvalue weighted by atomic mass is 16.4. The molecule has 2 rings (SSSR count). The van der Waals surface area contributed by atoms with Crippen LogP contribution in [0.25, 0.3) is 0 Å². The quantitative estimate of drug-likeness (QED) is 0.725. The van der Waals surface area contributed by atoms with E-state index in [2.05, 4.69) is 10.6 Å². The maximum atomic E-state index is 12.9. The van der Waals surface area contributed by atoms with Crippen molar-refractivity contribution in [3.63, 3.8) is 0 Å². The molecule has 1 atom stereocenters. The van der Waals surface area contributed by atoms with Crippen LogP contribution in [0.5, 0.6) is 0 Å². The topological polar surface area (TPSA) is 98.7 Å². The van der Waals surface area contributed by atoms with Crippen molar-refractivity contribution in [1.29, 1.82) is 0 Å². The van der Waals surface area contributed by atoms with E-state index in [1.165, 1.54) is 0 Å². The van der Waals surface area contributed by atoms with Crippen molar-refractivity contribution in [2.45, 2.75) is 58.0 Å². The molecule has 0 saturated carbocycles. The summed E-state index contributed by atoms with van der Waals surface area (Å²) in [5.74, 6) is -0.960. The molecule has 0 spiro atoms. The van der Waals surface area contributed by atoms with Crippen molar-refractivity contribution >= 4 is 23.6 Å². The normalized spacial score (nSPS) is 17.0. The molecule has 0 bridgehead atoms. The van der Waals surface area contributed by atoms with E-state index in [0.29, 0.717) is 24.2 Å². The van der Waals surface area contributed by atoms with Crippen molar-refractivity contribution in [2.75, 3.05) is 11.9 Å². The lowest BCUT2D eigenvalue weighted by Gasteiger charge is -2.35. The number of carbonyl (C=O) groups is 3. The zero-order valence-electron chi connectivity index (χ0n) is 15.3. The summed E-state index contributed by atoms with van der Waals surface area (Å²) in [6.45, 7) is 4.37. The summed E-state index contributed by atoms with van der Waals surface area (Å²) in [5, 5.41) is 14.4. The smallest absolute Gasteiger partial charge is 0.319 e. The summed E-state index contributed by atoms with van der Waals surface area (Å²) in [6, 6.07) is 6.49. The number of nitrogens with zero attached hydrogens (tertiary/aromatic N) is 1. The Kier molecular flexibility index (Phi) is 7.00. The van der Waals surface area contributed by atoms with Crippen LogP contribution in [0.2, 0.25) is 0 Å². The molecule has 26 heavy (non-hydrogen) atoms. The number of nitrogens with one attached hydrogen (secondary N) is 2. The molecule has 142 valence electrons. The zero-order valence-corrected chi connectivity index (χ0v) is 15.3. The van der Waals surface area contributed by atoms with Crippen LogP contribution < -0.4 is 10.6 Å². The van der Waals surface area contributed by atoms with Gasteiger partial charge in [-0.25, -0.2) is 4.79 Å². The highest BCUT2D eigenvalue weighted by Crippen LogP contribution is 2.24. The maximum Gasteiger partial charge on any atom is 0.319 e. The standard InChI is InChI=1S/C19H27N3O4/c1-13(2)20-19(26)21-15-7-5-6-14(12-15)18(25)22-11-4-3-8-16(22)9-10-17(23)24/h5-7,12-13,16H,3-4,8-11H2,1-2H3,(H,23,24)(H2,20,21,26). The summed E-state index contributed by atoms with van der Waals surface area (Å²) in [6.07, 6.45) is 3.28. The average Bonchev–Trinajstić information content (AvgIpc) is 2.59. The highest BCUT2D eigenvalue weighted by molar-refractivity contribution is 5.97. The first kappa shape index (κ1) is 19.8. The van der Waals surface area contributed by atoms with E-state index in [4.69, 9.17) is 5.11 Å². The van der Waals surface area contributed by atoms with E-state index in [-0.39, 0.29) is 30.4 Å². The minimum absolute atomic E-state index is 0.0168. The van der Waals surface area contributed by atoms with E-state index in [0.717, 1.165) is 19.3 Å². The maximum absolute atomic E-state index is 12.9. The van der Waals surface area contributed by atoms with Crippen molar-refractivity contribution in [2.24, 2.45) is 0 Å². The number of hydrogen-bond donors (Lipinski definition) is 3. The largest absolute Gasteiger partial charge is 0.481 e. The number of piperidine rings is 1. The summed E-state index contributed by atoms with van der Waals surface area (Å²) in [5.41, 5.74) is 1.04. The SMILES string of the molecule is CC(C)NC(=O)Nc1cccc(C(=O)N2CCCCC2CCC(=O)O)c1. The van der Waals surface area contributed by atoms with Gasteiger partial charge >= 0.3 is 12.0 Å². The first-order valence-electron chi connectivity index (χ1n) is 9.07. The molecule has 0 aromatic heterocycles. The monoisotopic (exact) mass is 361 g/mol. The van der Waals surface area contributed by atoms with Crippen LogP contribution in [0.4, 0.5) is 10.5 Å².